The maximum Gasteiger partial charge on any atom is 0.120 e. The summed E-state index contributed by atoms with van der Waals surface area (Å²) < 4.78 is 1.06. The van der Waals surface area contributed by atoms with Crippen LogP contribution in [0.2, 0.25) is 5.02 Å². The summed E-state index contributed by atoms with van der Waals surface area (Å²) >= 11 is 9.39. The third-order valence-corrected chi connectivity index (χ3v) is 3.72. The van der Waals surface area contributed by atoms with E-state index in [1.165, 1.54) is 5.56 Å². The third kappa shape index (κ3) is 3.96. The maximum atomic E-state index is 9.76. The Morgan fingerprint density at radius 1 is 1.26 bits per heavy atom. The van der Waals surface area contributed by atoms with Crippen molar-refractivity contribution in [3.63, 3.8) is 0 Å². The van der Waals surface area contributed by atoms with Gasteiger partial charge >= 0.3 is 0 Å². The minimum absolute atomic E-state index is 0.191. The van der Waals surface area contributed by atoms with E-state index in [-0.39, 0.29) is 11.8 Å². The summed E-state index contributed by atoms with van der Waals surface area (Å²) in [5.41, 5.74) is 1.99. The molecule has 0 aliphatic rings. The Balaban J connectivity index is 2.04. The second-order valence-electron chi connectivity index (χ2n) is 4.43. The van der Waals surface area contributed by atoms with Crippen LogP contribution in [0.4, 0.5) is 0 Å². The van der Waals surface area contributed by atoms with Crippen molar-refractivity contribution in [1.29, 1.82) is 0 Å². The van der Waals surface area contributed by atoms with Gasteiger partial charge in [0.25, 0.3) is 0 Å². The summed E-state index contributed by atoms with van der Waals surface area (Å²) in [6.07, 6.45) is 0. The molecule has 0 spiro atoms. The molecular formula is C15H15BrClNO. The molecule has 0 aliphatic carbocycles. The maximum absolute atomic E-state index is 9.76. The standard InChI is InChI=1S/C15H15BrClNO/c1-10(11-3-2-4-13(16)7-11)18-9-12-8-14(17)5-6-15(12)19/h2-8,10,18-19H,9H2,1H3. The number of benzene rings is 2. The molecule has 19 heavy (non-hydrogen) atoms. The van der Waals surface area contributed by atoms with Crippen LogP contribution in [-0.4, -0.2) is 5.11 Å². The van der Waals surface area contributed by atoms with Gasteiger partial charge in [-0.3, -0.25) is 0 Å². The highest BCUT2D eigenvalue weighted by Gasteiger charge is 2.07. The Hall–Kier alpha value is -1.03. The Kier molecular flexibility index (Phi) is 4.86. The molecule has 4 heteroatoms. The normalized spacial score (nSPS) is 12.4. The van der Waals surface area contributed by atoms with Gasteiger partial charge in [-0.05, 0) is 42.8 Å². The van der Waals surface area contributed by atoms with Crippen molar-refractivity contribution in [3.05, 3.63) is 63.1 Å². The lowest BCUT2D eigenvalue weighted by Gasteiger charge is -2.15. The Morgan fingerprint density at radius 2 is 2.05 bits per heavy atom. The number of nitrogens with one attached hydrogen (secondary N) is 1. The molecular weight excluding hydrogens is 326 g/mol. The zero-order chi connectivity index (χ0) is 13.8. The van der Waals surface area contributed by atoms with Gasteiger partial charge in [-0.15, -0.1) is 0 Å². The molecule has 2 rings (SSSR count). The largest absolute Gasteiger partial charge is 0.508 e. The smallest absolute Gasteiger partial charge is 0.120 e. The summed E-state index contributed by atoms with van der Waals surface area (Å²) in [6.45, 7) is 2.66. The fraction of sp³-hybridized carbons (Fsp3) is 0.200. The second kappa shape index (κ2) is 6.42. The SMILES string of the molecule is CC(NCc1cc(Cl)ccc1O)c1cccc(Br)c1. The molecule has 2 N–H and O–H groups in total. The monoisotopic (exact) mass is 339 g/mol. The van der Waals surface area contributed by atoms with E-state index in [4.69, 9.17) is 11.6 Å². The van der Waals surface area contributed by atoms with Gasteiger partial charge in [0, 0.05) is 27.6 Å². The predicted octanol–water partition coefficient (Wildman–Crippen LogP) is 4.66. The summed E-state index contributed by atoms with van der Waals surface area (Å²) in [4.78, 5) is 0. The van der Waals surface area contributed by atoms with Crippen molar-refractivity contribution < 1.29 is 5.11 Å². The molecule has 0 radical (unpaired) electrons. The van der Waals surface area contributed by atoms with E-state index < -0.39 is 0 Å². The van der Waals surface area contributed by atoms with Gasteiger partial charge in [0.15, 0.2) is 0 Å². The van der Waals surface area contributed by atoms with Gasteiger partial charge in [0.2, 0.25) is 0 Å². The fourth-order valence-electron chi connectivity index (χ4n) is 1.85. The Morgan fingerprint density at radius 3 is 2.79 bits per heavy atom. The van der Waals surface area contributed by atoms with Crippen LogP contribution in [0.25, 0.3) is 0 Å². The molecule has 100 valence electrons. The first kappa shape index (κ1) is 14.4. The van der Waals surface area contributed by atoms with Crippen LogP contribution in [0.3, 0.4) is 0 Å². The molecule has 0 heterocycles. The van der Waals surface area contributed by atoms with Crippen molar-refractivity contribution in [2.75, 3.05) is 0 Å². The van der Waals surface area contributed by atoms with E-state index in [0.717, 1.165) is 10.0 Å². The van der Waals surface area contributed by atoms with E-state index in [0.29, 0.717) is 11.6 Å². The average molecular weight is 341 g/mol. The van der Waals surface area contributed by atoms with Crippen molar-refractivity contribution in [2.24, 2.45) is 0 Å². The lowest BCUT2D eigenvalue weighted by Crippen LogP contribution is -2.18. The average Bonchev–Trinajstić information content (AvgIpc) is 2.39. The molecule has 0 amide bonds. The van der Waals surface area contributed by atoms with Crippen LogP contribution in [0.15, 0.2) is 46.9 Å². The van der Waals surface area contributed by atoms with Gasteiger partial charge in [0.1, 0.15) is 5.75 Å². The molecule has 0 fully saturated rings. The molecule has 0 aliphatic heterocycles. The van der Waals surface area contributed by atoms with Crippen LogP contribution in [0, 0.1) is 0 Å². The molecule has 0 bridgehead atoms. The van der Waals surface area contributed by atoms with Crippen molar-refractivity contribution in [1.82, 2.24) is 5.32 Å². The first-order valence-electron chi connectivity index (χ1n) is 6.02. The number of phenolic OH excluding ortho intramolecular Hbond substituents is 1. The predicted molar refractivity (Wildman–Crippen MR) is 82.5 cm³/mol. The minimum atomic E-state index is 0.191. The lowest BCUT2D eigenvalue weighted by molar-refractivity contribution is 0.460. The summed E-state index contributed by atoms with van der Waals surface area (Å²) in [5.74, 6) is 0.262. The summed E-state index contributed by atoms with van der Waals surface area (Å²) in [6, 6.07) is 13.4. The molecule has 2 aromatic carbocycles. The number of hydrogen-bond acceptors (Lipinski definition) is 2. The van der Waals surface area contributed by atoms with Gasteiger partial charge < -0.3 is 10.4 Å². The molecule has 2 nitrogen and oxygen atoms in total. The lowest BCUT2D eigenvalue weighted by atomic mass is 10.1. The molecule has 1 atom stereocenters. The van der Waals surface area contributed by atoms with E-state index in [9.17, 15) is 5.11 Å². The Labute approximate surface area is 126 Å². The van der Waals surface area contributed by atoms with Gasteiger partial charge in [-0.2, -0.15) is 0 Å². The van der Waals surface area contributed by atoms with E-state index in [1.807, 2.05) is 12.1 Å². The molecule has 1 unspecified atom stereocenters. The highest BCUT2D eigenvalue weighted by molar-refractivity contribution is 9.10. The highest BCUT2D eigenvalue weighted by atomic mass is 79.9. The van der Waals surface area contributed by atoms with Crippen LogP contribution in [0.5, 0.6) is 5.75 Å². The van der Waals surface area contributed by atoms with Crippen molar-refractivity contribution in [3.8, 4) is 5.75 Å². The zero-order valence-corrected chi connectivity index (χ0v) is 12.9. The van der Waals surface area contributed by atoms with Gasteiger partial charge in [-0.1, -0.05) is 39.7 Å². The Bertz CT molecular complexity index is 574. The quantitative estimate of drug-likeness (QED) is 0.848. The van der Waals surface area contributed by atoms with Crippen molar-refractivity contribution in [2.45, 2.75) is 19.5 Å². The number of rotatable bonds is 4. The van der Waals surface area contributed by atoms with Crippen LogP contribution < -0.4 is 5.32 Å². The first-order valence-corrected chi connectivity index (χ1v) is 7.19. The van der Waals surface area contributed by atoms with Crippen LogP contribution >= 0.6 is 27.5 Å². The number of phenols is 1. The summed E-state index contributed by atoms with van der Waals surface area (Å²) in [5, 5.41) is 13.8. The molecule has 2 aromatic rings. The third-order valence-electron chi connectivity index (χ3n) is 2.99. The van der Waals surface area contributed by atoms with Gasteiger partial charge in [0.05, 0.1) is 0 Å². The van der Waals surface area contributed by atoms with E-state index in [1.54, 1.807) is 18.2 Å². The first-order chi connectivity index (χ1) is 9.06. The number of halogens is 2. The minimum Gasteiger partial charge on any atom is -0.508 e. The molecule has 0 aromatic heterocycles. The van der Waals surface area contributed by atoms with Crippen LogP contribution in [-0.2, 0) is 6.54 Å². The van der Waals surface area contributed by atoms with Crippen LogP contribution in [0.1, 0.15) is 24.1 Å². The highest BCUT2D eigenvalue weighted by Crippen LogP contribution is 2.23. The van der Waals surface area contributed by atoms with Crippen molar-refractivity contribution >= 4 is 27.5 Å². The molecule has 0 saturated heterocycles. The van der Waals surface area contributed by atoms with E-state index >= 15 is 0 Å². The number of aromatic hydroxyl groups is 1. The van der Waals surface area contributed by atoms with E-state index in [2.05, 4.69) is 40.3 Å². The topological polar surface area (TPSA) is 32.3 Å². The van der Waals surface area contributed by atoms with Gasteiger partial charge in [-0.25, -0.2) is 0 Å². The molecule has 0 saturated carbocycles. The second-order valence-corrected chi connectivity index (χ2v) is 5.78. The number of hydrogen-bond donors (Lipinski definition) is 2. The summed E-state index contributed by atoms with van der Waals surface area (Å²) in [7, 11) is 0. The zero-order valence-electron chi connectivity index (χ0n) is 10.5. The fourth-order valence-corrected chi connectivity index (χ4v) is 2.46.